The lowest BCUT2D eigenvalue weighted by molar-refractivity contribution is -0.152. The summed E-state index contributed by atoms with van der Waals surface area (Å²) in [5.41, 5.74) is 0.205. The molecule has 0 spiro atoms. The number of ether oxygens (including phenoxy) is 1. The summed E-state index contributed by atoms with van der Waals surface area (Å²) >= 11 is 11.4. The van der Waals surface area contributed by atoms with E-state index >= 15 is 0 Å². The van der Waals surface area contributed by atoms with Crippen LogP contribution in [0.1, 0.15) is 20.8 Å². The molecule has 2 aromatic carbocycles. The summed E-state index contributed by atoms with van der Waals surface area (Å²) in [6, 6.07) is 10.9. The largest absolute Gasteiger partial charge is 0.616 e. The molecule has 10 nitrogen and oxygen atoms in total. The van der Waals surface area contributed by atoms with Crippen molar-refractivity contribution in [2.75, 3.05) is 40.3 Å². The molecule has 0 amide bonds. The molecule has 0 saturated carbocycles. The van der Waals surface area contributed by atoms with E-state index < -0.39 is 39.3 Å². The number of benzene rings is 2. The van der Waals surface area contributed by atoms with Gasteiger partial charge in [-0.1, -0.05) is 34.4 Å². The molecule has 222 valence electrons. The highest BCUT2D eigenvalue weighted by molar-refractivity contribution is 7.93. The van der Waals surface area contributed by atoms with E-state index in [1.807, 2.05) is 16.8 Å². The number of hydrogen-bond donors (Lipinski definition) is 0. The molecule has 0 aliphatic carbocycles. The fraction of sp³-hybridized carbons (Fsp3) is 0.321. The van der Waals surface area contributed by atoms with Gasteiger partial charge in [-0.25, -0.2) is 18.4 Å². The van der Waals surface area contributed by atoms with Crippen LogP contribution in [0.25, 0.3) is 16.7 Å². The van der Waals surface area contributed by atoms with Crippen LogP contribution in [0.4, 0.5) is 11.5 Å². The van der Waals surface area contributed by atoms with Crippen molar-refractivity contribution in [2.24, 2.45) is 0 Å². The van der Waals surface area contributed by atoms with Crippen LogP contribution in [-0.2, 0) is 30.7 Å². The molecule has 1 aliphatic heterocycles. The quantitative estimate of drug-likeness (QED) is 0.206. The SMILES string of the molecule is CC(C)(C)OC(=O)CN(c1ccc2c(ccn2-c2cnc(N3CC[S+]([O-])CC3)cn2)c1)S(=O)(=O)c1cc(Cl)cc(Cl)c1. The summed E-state index contributed by atoms with van der Waals surface area (Å²) in [7, 11) is -4.27. The van der Waals surface area contributed by atoms with E-state index in [2.05, 4.69) is 14.9 Å². The number of hydrogen-bond acceptors (Lipinski definition) is 8. The standard InChI is InChI=1S/C28H29Cl2N5O5S2/c1-28(2,3)40-27(36)18-35(42(38,39)23-14-20(29)13-21(30)15-23)22-4-5-24-19(12-22)6-7-34(24)26-17-31-25(16-32-26)33-8-10-41(37)11-9-33/h4-7,12-17H,8-11,18H2,1-3H3. The van der Waals surface area contributed by atoms with Crippen LogP contribution in [0.15, 0.2) is 66.0 Å². The molecule has 0 radical (unpaired) electrons. The zero-order valence-electron chi connectivity index (χ0n) is 23.2. The van der Waals surface area contributed by atoms with Gasteiger partial charge in [0.25, 0.3) is 10.0 Å². The number of nitrogens with zero attached hydrogens (tertiary/aromatic N) is 5. The van der Waals surface area contributed by atoms with Gasteiger partial charge in [0, 0.05) is 21.6 Å². The molecule has 4 aromatic rings. The van der Waals surface area contributed by atoms with Gasteiger partial charge in [-0.05, 0) is 63.2 Å². The van der Waals surface area contributed by atoms with E-state index in [-0.39, 0.29) is 20.6 Å². The van der Waals surface area contributed by atoms with Crippen molar-refractivity contribution in [2.45, 2.75) is 31.3 Å². The normalized spacial score (nSPS) is 14.8. The monoisotopic (exact) mass is 649 g/mol. The maximum absolute atomic E-state index is 13.8. The third kappa shape index (κ3) is 6.78. The number of sulfonamides is 1. The molecule has 3 heterocycles. The van der Waals surface area contributed by atoms with Gasteiger partial charge in [0.2, 0.25) is 0 Å². The molecule has 0 atom stereocenters. The maximum atomic E-state index is 13.8. The summed E-state index contributed by atoms with van der Waals surface area (Å²) in [5.74, 6) is 1.80. The molecular formula is C28H29Cl2N5O5S2. The van der Waals surface area contributed by atoms with Gasteiger partial charge in [-0.2, -0.15) is 0 Å². The Labute approximate surface area is 257 Å². The Morgan fingerprint density at radius 2 is 1.67 bits per heavy atom. The fourth-order valence-electron chi connectivity index (χ4n) is 4.56. The minimum absolute atomic E-state index is 0.146. The van der Waals surface area contributed by atoms with Crippen LogP contribution >= 0.6 is 23.2 Å². The number of halogens is 2. The van der Waals surface area contributed by atoms with Crippen molar-refractivity contribution in [1.82, 2.24) is 14.5 Å². The van der Waals surface area contributed by atoms with Gasteiger partial charge in [0.15, 0.2) is 5.82 Å². The summed E-state index contributed by atoms with van der Waals surface area (Å²) in [4.78, 5) is 23.9. The number of anilines is 2. The number of aromatic nitrogens is 3. The van der Waals surface area contributed by atoms with E-state index in [4.69, 9.17) is 27.9 Å². The fourth-order valence-corrected chi connectivity index (χ4v) is 7.75. The first kappa shape index (κ1) is 30.4. The van der Waals surface area contributed by atoms with Crippen LogP contribution in [0.5, 0.6) is 0 Å². The third-order valence-electron chi connectivity index (χ3n) is 6.45. The van der Waals surface area contributed by atoms with E-state index in [0.717, 1.165) is 15.6 Å². The van der Waals surface area contributed by atoms with Crippen LogP contribution in [-0.4, -0.2) is 70.2 Å². The highest BCUT2D eigenvalue weighted by atomic mass is 35.5. The molecule has 0 unspecified atom stereocenters. The average Bonchev–Trinajstić information content (AvgIpc) is 3.34. The zero-order chi connectivity index (χ0) is 30.2. The van der Waals surface area contributed by atoms with Gasteiger partial charge in [0.05, 0.1) is 41.6 Å². The topological polar surface area (TPSA) is 121 Å². The van der Waals surface area contributed by atoms with E-state index in [1.165, 1.54) is 18.2 Å². The number of fused-ring (bicyclic) bond motifs is 1. The number of carbonyl (C=O) groups is 1. The summed E-state index contributed by atoms with van der Waals surface area (Å²) in [5, 5.41) is 1.01. The first-order valence-corrected chi connectivity index (χ1v) is 16.7. The molecule has 2 aromatic heterocycles. The Kier molecular flexibility index (Phi) is 8.64. The number of esters is 1. The van der Waals surface area contributed by atoms with Gasteiger partial charge < -0.3 is 14.2 Å². The number of carbonyl (C=O) groups excluding carboxylic acids is 1. The van der Waals surface area contributed by atoms with E-state index in [0.29, 0.717) is 35.8 Å². The van der Waals surface area contributed by atoms with Gasteiger partial charge >= 0.3 is 5.97 Å². The second-order valence-corrected chi connectivity index (χ2v) is 15.1. The smallest absolute Gasteiger partial charge is 0.327 e. The molecule has 1 saturated heterocycles. The molecule has 1 fully saturated rings. The average molecular weight is 651 g/mol. The highest BCUT2D eigenvalue weighted by Crippen LogP contribution is 2.31. The van der Waals surface area contributed by atoms with Gasteiger partial charge in [-0.3, -0.25) is 13.7 Å². The van der Waals surface area contributed by atoms with Crippen molar-refractivity contribution >= 4 is 72.8 Å². The summed E-state index contributed by atoms with van der Waals surface area (Å²) < 4.78 is 47.6. The Morgan fingerprint density at radius 3 is 2.29 bits per heavy atom. The van der Waals surface area contributed by atoms with E-state index in [9.17, 15) is 17.8 Å². The predicted molar refractivity (Wildman–Crippen MR) is 166 cm³/mol. The van der Waals surface area contributed by atoms with Crippen LogP contribution < -0.4 is 9.21 Å². The summed E-state index contributed by atoms with van der Waals surface area (Å²) in [6.45, 7) is 5.89. The lowest BCUT2D eigenvalue weighted by atomic mass is 10.2. The lowest BCUT2D eigenvalue weighted by Gasteiger charge is -2.28. The van der Waals surface area contributed by atoms with Crippen molar-refractivity contribution in [3.8, 4) is 5.82 Å². The molecule has 1 aliphatic rings. The second kappa shape index (κ2) is 11.9. The minimum atomic E-state index is -4.27. The highest BCUT2D eigenvalue weighted by Gasteiger charge is 2.30. The molecule has 5 rings (SSSR count). The van der Waals surface area contributed by atoms with E-state index in [1.54, 1.807) is 51.4 Å². The van der Waals surface area contributed by atoms with Crippen LogP contribution in [0, 0.1) is 0 Å². The predicted octanol–water partition coefficient (Wildman–Crippen LogP) is 4.83. The van der Waals surface area contributed by atoms with Crippen LogP contribution in [0.2, 0.25) is 10.0 Å². The lowest BCUT2D eigenvalue weighted by Crippen LogP contribution is -2.40. The third-order valence-corrected chi connectivity index (χ3v) is 9.92. The Morgan fingerprint density at radius 1 is 1.02 bits per heavy atom. The first-order valence-electron chi connectivity index (χ1n) is 13.0. The van der Waals surface area contributed by atoms with Crippen LogP contribution in [0.3, 0.4) is 0 Å². The van der Waals surface area contributed by atoms with Gasteiger partial charge in [-0.15, -0.1) is 0 Å². The molecule has 0 N–H and O–H groups in total. The molecule has 14 heteroatoms. The van der Waals surface area contributed by atoms with Crippen molar-refractivity contribution in [3.05, 3.63) is 71.1 Å². The van der Waals surface area contributed by atoms with Gasteiger partial charge in [0.1, 0.15) is 29.5 Å². The Bertz CT molecular complexity index is 1700. The maximum Gasteiger partial charge on any atom is 0.327 e. The summed E-state index contributed by atoms with van der Waals surface area (Å²) in [6.07, 6.45) is 5.16. The van der Waals surface area contributed by atoms with Crippen molar-refractivity contribution in [3.63, 3.8) is 0 Å². The first-order chi connectivity index (χ1) is 19.8. The molecule has 42 heavy (non-hydrogen) atoms. The number of rotatable bonds is 7. The Hall–Kier alpha value is -3.03. The molecular weight excluding hydrogens is 621 g/mol. The minimum Gasteiger partial charge on any atom is -0.616 e. The molecule has 0 bridgehead atoms. The zero-order valence-corrected chi connectivity index (χ0v) is 26.3. The van der Waals surface area contributed by atoms with Crippen molar-refractivity contribution < 1.29 is 22.5 Å². The van der Waals surface area contributed by atoms with Crippen molar-refractivity contribution in [1.29, 1.82) is 0 Å². The Balaban J connectivity index is 1.48. The second-order valence-electron chi connectivity index (χ2n) is 10.7.